The lowest BCUT2D eigenvalue weighted by Gasteiger charge is -2.37. The van der Waals surface area contributed by atoms with E-state index in [0.717, 1.165) is 0 Å². The number of allylic oxidation sites excluding steroid dienone is 1. The van der Waals surface area contributed by atoms with Gasteiger partial charge in [-0.25, -0.2) is 0 Å². The molecule has 2 aromatic rings. The van der Waals surface area contributed by atoms with Crippen molar-refractivity contribution in [1.82, 2.24) is 4.90 Å². The molecule has 106 valence electrons. The number of rotatable bonds is 1. The third kappa shape index (κ3) is 2.04. The van der Waals surface area contributed by atoms with Crippen LogP contribution in [0.1, 0.15) is 29.5 Å². The molecule has 0 bridgehead atoms. The van der Waals surface area contributed by atoms with Gasteiger partial charge in [-0.15, -0.1) is 0 Å². The van der Waals surface area contributed by atoms with E-state index in [1.807, 2.05) is 0 Å². The van der Waals surface area contributed by atoms with Crippen molar-refractivity contribution in [1.29, 1.82) is 0 Å². The number of hydrogen-bond acceptors (Lipinski definition) is 1. The lowest BCUT2D eigenvalue weighted by atomic mass is 9.75. The maximum Gasteiger partial charge on any atom is 0.0172 e. The van der Waals surface area contributed by atoms with Crippen LogP contribution in [0.25, 0.3) is 5.57 Å². The van der Waals surface area contributed by atoms with E-state index in [-0.39, 0.29) is 5.41 Å². The number of hydrogen-bond donors (Lipinski definition) is 0. The molecule has 4 rings (SSSR count). The SMILES string of the molecule is CN1CCC2(C=C(c3ccccc3)c3ccccc32)CC1. The zero-order valence-corrected chi connectivity index (χ0v) is 12.5. The molecule has 0 radical (unpaired) electrons. The van der Waals surface area contributed by atoms with Crippen LogP contribution >= 0.6 is 0 Å². The van der Waals surface area contributed by atoms with Gasteiger partial charge < -0.3 is 4.90 Å². The smallest absolute Gasteiger partial charge is 0.0172 e. The van der Waals surface area contributed by atoms with Gasteiger partial charge in [0.1, 0.15) is 0 Å². The number of benzene rings is 2. The normalized spacial score (nSPS) is 20.3. The summed E-state index contributed by atoms with van der Waals surface area (Å²) in [6, 6.07) is 19.8. The summed E-state index contributed by atoms with van der Waals surface area (Å²) in [6.07, 6.45) is 5.02. The molecule has 0 saturated carbocycles. The first-order valence-corrected chi connectivity index (χ1v) is 7.85. The molecule has 0 unspecified atom stereocenters. The molecular formula is C20H21N. The molecule has 2 aromatic carbocycles. The Morgan fingerprint density at radius 1 is 0.857 bits per heavy atom. The molecule has 1 nitrogen and oxygen atoms in total. The molecule has 1 aliphatic heterocycles. The van der Waals surface area contributed by atoms with E-state index in [1.54, 1.807) is 0 Å². The third-order valence-corrected chi connectivity index (χ3v) is 5.14. The van der Waals surface area contributed by atoms with E-state index < -0.39 is 0 Å². The first kappa shape index (κ1) is 12.8. The molecule has 1 saturated heterocycles. The van der Waals surface area contributed by atoms with E-state index in [2.05, 4.69) is 72.6 Å². The van der Waals surface area contributed by atoms with Crippen LogP contribution in [0.4, 0.5) is 0 Å². The van der Waals surface area contributed by atoms with Crippen LogP contribution in [0, 0.1) is 0 Å². The van der Waals surface area contributed by atoms with Gasteiger partial charge in [-0.05, 0) is 55.2 Å². The van der Waals surface area contributed by atoms with E-state index >= 15 is 0 Å². The standard InChI is InChI=1S/C20H21N/c1-21-13-11-20(12-14-21)15-18(16-7-3-2-4-8-16)17-9-5-6-10-19(17)20/h2-10,15H,11-14H2,1H3. The van der Waals surface area contributed by atoms with Crippen molar-refractivity contribution >= 4 is 5.57 Å². The van der Waals surface area contributed by atoms with Gasteiger partial charge in [0.15, 0.2) is 0 Å². The zero-order valence-electron chi connectivity index (χ0n) is 12.5. The quantitative estimate of drug-likeness (QED) is 0.757. The molecule has 21 heavy (non-hydrogen) atoms. The van der Waals surface area contributed by atoms with Gasteiger partial charge in [0.2, 0.25) is 0 Å². The zero-order chi connectivity index (χ0) is 14.3. The summed E-state index contributed by atoms with van der Waals surface area (Å²) in [6.45, 7) is 2.37. The Labute approximate surface area is 126 Å². The Hall–Kier alpha value is -1.86. The van der Waals surface area contributed by atoms with Crippen molar-refractivity contribution in [3.63, 3.8) is 0 Å². The Kier molecular flexibility index (Phi) is 2.97. The highest BCUT2D eigenvalue weighted by Crippen LogP contribution is 2.48. The summed E-state index contributed by atoms with van der Waals surface area (Å²) < 4.78 is 0. The van der Waals surface area contributed by atoms with Crippen LogP contribution in [0.3, 0.4) is 0 Å². The lowest BCUT2D eigenvalue weighted by Crippen LogP contribution is -2.38. The van der Waals surface area contributed by atoms with E-state index in [0.29, 0.717) is 0 Å². The molecule has 1 fully saturated rings. The van der Waals surface area contributed by atoms with Gasteiger partial charge in [0.05, 0.1) is 0 Å². The van der Waals surface area contributed by atoms with Gasteiger partial charge in [-0.3, -0.25) is 0 Å². The Morgan fingerprint density at radius 3 is 2.29 bits per heavy atom. The average Bonchev–Trinajstić information content (AvgIpc) is 2.87. The van der Waals surface area contributed by atoms with Crippen LogP contribution in [0.2, 0.25) is 0 Å². The van der Waals surface area contributed by atoms with Crippen molar-refractivity contribution in [2.24, 2.45) is 0 Å². The van der Waals surface area contributed by atoms with Gasteiger partial charge in [0, 0.05) is 5.41 Å². The Bertz CT molecular complexity index is 676. The van der Waals surface area contributed by atoms with Crippen molar-refractivity contribution in [3.05, 3.63) is 77.4 Å². The van der Waals surface area contributed by atoms with Gasteiger partial charge in [-0.1, -0.05) is 60.7 Å². The van der Waals surface area contributed by atoms with Crippen LogP contribution < -0.4 is 0 Å². The van der Waals surface area contributed by atoms with E-state index in [9.17, 15) is 0 Å². The second-order valence-electron chi connectivity index (χ2n) is 6.43. The van der Waals surface area contributed by atoms with Crippen molar-refractivity contribution in [3.8, 4) is 0 Å². The summed E-state index contributed by atoms with van der Waals surface area (Å²) in [5, 5.41) is 0. The van der Waals surface area contributed by atoms with Gasteiger partial charge in [0.25, 0.3) is 0 Å². The molecule has 1 heterocycles. The summed E-state index contributed by atoms with van der Waals surface area (Å²) in [5.74, 6) is 0. The Balaban J connectivity index is 1.85. The first-order valence-electron chi connectivity index (χ1n) is 7.85. The number of likely N-dealkylation sites (tertiary alicyclic amines) is 1. The van der Waals surface area contributed by atoms with Crippen molar-refractivity contribution < 1.29 is 0 Å². The summed E-state index contributed by atoms with van der Waals surface area (Å²) >= 11 is 0. The Morgan fingerprint density at radius 2 is 1.52 bits per heavy atom. The number of piperidine rings is 1. The molecule has 0 atom stereocenters. The largest absolute Gasteiger partial charge is 0.306 e. The fourth-order valence-electron chi connectivity index (χ4n) is 3.87. The minimum Gasteiger partial charge on any atom is -0.306 e. The molecular weight excluding hydrogens is 254 g/mol. The fraction of sp³-hybridized carbons (Fsp3) is 0.300. The number of nitrogens with zero attached hydrogens (tertiary/aromatic N) is 1. The van der Waals surface area contributed by atoms with Crippen molar-refractivity contribution in [2.45, 2.75) is 18.3 Å². The molecule has 0 N–H and O–H groups in total. The van der Waals surface area contributed by atoms with Gasteiger partial charge in [-0.2, -0.15) is 0 Å². The predicted molar refractivity (Wildman–Crippen MR) is 88.4 cm³/mol. The fourth-order valence-corrected chi connectivity index (χ4v) is 3.87. The van der Waals surface area contributed by atoms with Crippen LogP contribution in [-0.2, 0) is 5.41 Å². The second kappa shape index (κ2) is 4.85. The van der Waals surface area contributed by atoms with Crippen LogP contribution in [0.5, 0.6) is 0 Å². The molecule has 0 aromatic heterocycles. The summed E-state index contributed by atoms with van der Waals surface area (Å²) in [4.78, 5) is 2.45. The van der Waals surface area contributed by atoms with Gasteiger partial charge >= 0.3 is 0 Å². The predicted octanol–water partition coefficient (Wildman–Crippen LogP) is 4.10. The maximum absolute atomic E-state index is 2.56. The maximum atomic E-state index is 2.56. The van der Waals surface area contributed by atoms with Crippen LogP contribution in [-0.4, -0.2) is 25.0 Å². The highest BCUT2D eigenvalue weighted by molar-refractivity contribution is 5.87. The molecule has 1 aliphatic carbocycles. The molecule has 1 spiro atoms. The second-order valence-corrected chi connectivity index (χ2v) is 6.43. The van der Waals surface area contributed by atoms with E-state index in [1.165, 1.54) is 48.2 Å². The molecule has 2 aliphatic rings. The summed E-state index contributed by atoms with van der Waals surface area (Å²) in [5.41, 5.74) is 6.01. The topological polar surface area (TPSA) is 3.24 Å². The highest BCUT2D eigenvalue weighted by Gasteiger charge is 2.39. The lowest BCUT2D eigenvalue weighted by molar-refractivity contribution is 0.219. The summed E-state index contributed by atoms with van der Waals surface area (Å²) in [7, 11) is 2.23. The molecule has 0 amide bonds. The van der Waals surface area contributed by atoms with Crippen molar-refractivity contribution in [2.75, 3.05) is 20.1 Å². The van der Waals surface area contributed by atoms with E-state index in [4.69, 9.17) is 0 Å². The minimum absolute atomic E-state index is 0.258. The monoisotopic (exact) mass is 275 g/mol. The minimum atomic E-state index is 0.258. The number of fused-ring (bicyclic) bond motifs is 2. The highest BCUT2D eigenvalue weighted by atomic mass is 15.1. The van der Waals surface area contributed by atoms with Crippen LogP contribution in [0.15, 0.2) is 60.7 Å². The molecule has 1 heteroatoms. The average molecular weight is 275 g/mol. The third-order valence-electron chi connectivity index (χ3n) is 5.14. The first-order chi connectivity index (χ1) is 10.3.